The van der Waals surface area contributed by atoms with E-state index in [0.717, 1.165) is 0 Å². The largest absolute Gasteiger partial charge is 0.476 e. The number of ether oxygens (including phenoxy) is 2. The zero-order chi connectivity index (χ0) is 7.11. The number of thiol groups is 1. The van der Waals surface area contributed by atoms with Crippen molar-refractivity contribution < 1.29 is 30.5 Å². The minimum Gasteiger partial charge on any atom is -0.476 e. The van der Waals surface area contributed by atoms with E-state index in [1.807, 2.05) is 6.92 Å². The van der Waals surface area contributed by atoms with Crippen LogP contribution in [0.5, 0.6) is 0 Å². The van der Waals surface area contributed by atoms with Gasteiger partial charge in [0, 0.05) is 27.7 Å². The minimum absolute atomic E-state index is 0. The molecule has 0 radical (unpaired) electrons. The van der Waals surface area contributed by atoms with Gasteiger partial charge in [-0.3, -0.25) is 0 Å². The molecule has 0 aliphatic rings. The van der Waals surface area contributed by atoms with Crippen LogP contribution in [0.4, 0.5) is 0 Å². The fraction of sp³-hybridized carbons (Fsp3) is 0.800. The SMILES string of the molecule is CCOCCOC(=S)S.[Pt]. The molecule has 0 spiro atoms. The molecule has 0 saturated carbocycles. The number of thiocarbonyl (C=S) groups is 1. The van der Waals surface area contributed by atoms with Gasteiger partial charge in [-0.05, 0) is 19.1 Å². The van der Waals surface area contributed by atoms with Gasteiger partial charge < -0.3 is 9.47 Å². The van der Waals surface area contributed by atoms with Crippen molar-refractivity contribution in [1.29, 1.82) is 0 Å². The fourth-order valence-electron chi connectivity index (χ4n) is 0.332. The molecule has 0 aromatic heterocycles. The van der Waals surface area contributed by atoms with E-state index < -0.39 is 0 Å². The summed E-state index contributed by atoms with van der Waals surface area (Å²) in [5.41, 5.74) is 0. The Morgan fingerprint density at radius 2 is 2.10 bits per heavy atom. The van der Waals surface area contributed by atoms with Gasteiger partial charge in [-0.15, -0.1) is 0 Å². The zero-order valence-electron chi connectivity index (χ0n) is 5.61. The molecular weight excluding hydrogens is 351 g/mol. The molecule has 0 unspecified atom stereocenters. The molecule has 0 rings (SSSR count). The number of hydrogen-bond acceptors (Lipinski definition) is 3. The van der Waals surface area contributed by atoms with Gasteiger partial charge in [-0.2, -0.15) is 0 Å². The summed E-state index contributed by atoms with van der Waals surface area (Å²) in [6, 6.07) is 0. The smallest absolute Gasteiger partial charge is 0.216 e. The van der Waals surface area contributed by atoms with Crippen LogP contribution in [0.25, 0.3) is 0 Å². The summed E-state index contributed by atoms with van der Waals surface area (Å²) < 4.78 is 10.1. The summed E-state index contributed by atoms with van der Waals surface area (Å²) in [5.74, 6) is 0. The second-order valence-corrected chi connectivity index (χ2v) is 2.39. The van der Waals surface area contributed by atoms with Gasteiger partial charge in [0.15, 0.2) is 0 Å². The van der Waals surface area contributed by atoms with E-state index in [2.05, 4.69) is 24.8 Å². The van der Waals surface area contributed by atoms with Crippen molar-refractivity contribution in [3.63, 3.8) is 0 Å². The molecule has 0 fully saturated rings. The van der Waals surface area contributed by atoms with E-state index in [-0.39, 0.29) is 25.4 Å². The summed E-state index contributed by atoms with van der Waals surface area (Å²) in [6.45, 7) is 3.72. The van der Waals surface area contributed by atoms with Crippen LogP contribution < -0.4 is 0 Å². The van der Waals surface area contributed by atoms with Crippen LogP contribution in [0.3, 0.4) is 0 Å². The van der Waals surface area contributed by atoms with Crippen LogP contribution in [0.1, 0.15) is 6.92 Å². The van der Waals surface area contributed by atoms with E-state index in [4.69, 9.17) is 9.47 Å². The summed E-state index contributed by atoms with van der Waals surface area (Å²) in [7, 11) is 0. The Kier molecular flexibility index (Phi) is 13.3. The third kappa shape index (κ3) is 11.7. The van der Waals surface area contributed by atoms with E-state index in [9.17, 15) is 0 Å². The monoisotopic (exact) mass is 361 g/mol. The van der Waals surface area contributed by atoms with Gasteiger partial charge in [0.2, 0.25) is 4.38 Å². The molecule has 0 N–H and O–H groups in total. The Hall–Kier alpha value is 0.888. The molecule has 10 heavy (non-hydrogen) atoms. The van der Waals surface area contributed by atoms with Crippen molar-refractivity contribution in [1.82, 2.24) is 0 Å². The summed E-state index contributed by atoms with van der Waals surface area (Å²) in [6.07, 6.45) is 0. The molecule has 2 nitrogen and oxygen atoms in total. The van der Waals surface area contributed by atoms with E-state index >= 15 is 0 Å². The minimum atomic E-state index is 0. The third-order valence-corrected chi connectivity index (χ3v) is 0.904. The van der Waals surface area contributed by atoms with Crippen LogP contribution in [-0.2, 0) is 30.5 Å². The molecule has 0 heterocycles. The number of hydrogen-bond donors (Lipinski definition) is 1. The summed E-state index contributed by atoms with van der Waals surface area (Å²) >= 11 is 8.29. The van der Waals surface area contributed by atoms with Crippen LogP contribution >= 0.6 is 24.8 Å². The zero-order valence-corrected chi connectivity index (χ0v) is 9.59. The van der Waals surface area contributed by atoms with Crippen LogP contribution in [-0.4, -0.2) is 24.2 Å². The Balaban J connectivity index is 0. The molecular formula is C5H10O2PtS2. The van der Waals surface area contributed by atoms with Gasteiger partial charge >= 0.3 is 0 Å². The molecule has 0 bridgehead atoms. The quantitative estimate of drug-likeness (QED) is 0.462. The maximum atomic E-state index is 4.97. The van der Waals surface area contributed by atoms with Crippen molar-refractivity contribution in [2.24, 2.45) is 0 Å². The van der Waals surface area contributed by atoms with Crippen LogP contribution in [0, 0.1) is 0 Å². The molecule has 0 aliphatic heterocycles. The van der Waals surface area contributed by atoms with Crippen molar-refractivity contribution in [2.45, 2.75) is 6.92 Å². The Bertz CT molecular complexity index is 89.7. The van der Waals surface area contributed by atoms with Crippen LogP contribution in [0.2, 0.25) is 0 Å². The third-order valence-electron chi connectivity index (χ3n) is 0.657. The van der Waals surface area contributed by atoms with Crippen molar-refractivity contribution in [2.75, 3.05) is 19.8 Å². The first-order valence-corrected chi connectivity index (χ1v) is 3.56. The average molecular weight is 361 g/mol. The normalized spacial score (nSPS) is 8.20. The second-order valence-electron chi connectivity index (χ2n) is 1.31. The van der Waals surface area contributed by atoms with E-state index in [1.54, 1.807) is 0 Å². The van der Waals surface area contributed by atoms with Crippen molar-refractivity contribution in [3.8, 4) is 0 Å². The molecule has 0 saturated heterocycles. The molecule has 64 valence electrons. The first kappa shape index (κ1) is 13.5. The summed E-state index contributed by atoms with van der Waals surface area (Å²) in [5, 5.41) is 0. The van der Waals surface area contributed by atoms with Gasteiger partial charge in [-0.25, -0.2) is 0 Å². The molecule has 0 amide bonds. The van der Waals surface area contributed by atoms with E-state index in [1.165, 1.54) is 0 Å². The van der Waals surface area contributed by atoms with Crippen molar-refractivity contribution >= 4 is 29.2 Å². The first-order chi connectivity index (χ1) is 4.27. The van der Waals surface area contributed by atoms with Crippen molar-refractivity contribution in [3.05, 3.63) is 0 Å². The first-order valence-electron chi connectivity index (χ1n) is 2.70. The van der Waals surface area contributed by atoms with Gasteiger partial charge in [0.25, 0.3) is 0 Å². The second kappa shape index (κ2) is 9.89. The Labute approximate surface area is 86.3 Å². The van der Waals surface area contributed by atoms with Gasteiger partial charge in [0.1, 0.15) is 6.61 Å². The number of rotatable bonds is 4. The Morgan fingerprint density at radius 1 is 1.50 bits per heavy atom. The molecule has 0 atom stereocenters. The molecule has 0 aromatic carbocycles. The van der Waals surface area contributed by atoms with Gasteiger partial charge in [0.05, 0.1) is 6.61 Å². The predicted molar refractivity (Wildman–Crippen MR) is 44.0 cm³/mol. The van der Waals surface area contributed by atoms with E-state index in [0.29, 0.717) is 19.8 Å². The topological polar surface area (TPSA) is 18.5 Å². The maximum Gasteiger partial charge on any atom is 0.216 e. The molecule has 5 heteroatoms. The summed E-state index contributed by atoms with van der Waals surface area (Å²) in [4.78, 5) is 0. The average Bonchev–Trinajstić information content (AvgIpc) is 1.80. The standard InChI is InChI=1S/C5H10O2S2.Pt/c1-2-6-3-4-7-5(8)9;/h2-4H2,1H3,(H,8,9);. The predicted octanol–water partition coefficient (Wildman–Crippen LogP) is 1.25. The van der Waals surface area contributed by atoms with Gasteiger partial charge in [-0.1, -0.05) is 12.6 Å². The maximum absolute atomic E-state index is 4.97. The van der Waals surface area contributed by atoms with Crippen LogP contribution in [0.15, 0.2) is 0 Å². The fourth-order valence-corrected chi connectivity index (χ4v) is 0.507. The molecule has 0 aromatic rings. The Morgan fingerprint density at radius 3 is 2.50 bits per heavy atom. The molecule has 0 aliphatic carbocycles.